The first-order valence-electron chi connectivity index (χ1n) is 11.2. The van der Waals surface area contributed by atoms with Gasteiger partial charge in [0.15, 0.2) is 0 Å². The van der Waals surface area contributed by atoms with E-state index in [-0.39, 0.29) is 37.3 Å². The van der Waals surface area contributed by atoms with E-state index in [4.69, 9.17) is 9.84 Å². The van der Waals surface area contributed by atoms with Gasteiger partial charge in [-0.3, -0.25) is 20.0 Å². The predicted octanol–water partition coefficient (Wildman–Crippen LogP) is 3.88. The average molecular weight is 478 g/mol. The fourth-order valence-electron chi connectivity index (χ4n) is 4.22. The molecule has 0 radical (unpaired) electrons. The van der Waals surface area contributed by atoms with E-state index in [1.807, 2.05) is 36.4 Å². The molecule has 4 rings (SSSR count). The molecule has 0 saturated carbocycles. The molecule has 0 saturated heterocycles. The van der Waals surface area contributed by atoms with Gasteiger partial charge in [0.05, 0.1) is 6.42 Å². The molecule has 1 aliphatic rings. The molecule has 0 aliphatic heterocycles. The highest BCUT2D eigenvalue weighted by atomic mass is 16.5. The summed E-state index contributed by atoms with van der Waals surface area (Å²) in [6.45, 7) is 5.51. The maximum atomic E-state index is 12.9. The zero-order valence-electron chi connectivity index (χ0n) is 19.7. The normalized spacial score (nSPS) is 12.5. The minimum Gasteiger partial charge on any atom is -0.481 e. The van der Waals surface area contributed by atoms with E-state index in [0.29, 0.717) is 0 Å². The van der Waals surface area contributed by atoms with Crippen LogP contribution in [0.1, 0.15) is 54.9 Å². The number of carbonyl (C=O) groups excluding carboxylic acids is 2. The Kier molecular flexibility index (Phi) is 6.54. The second kappa shape index (κ2) is 9.57. The number of fused-ring (bicyclic) bond motifs is 3. The summed E-state index contributed by atoms with van der Waals surface area (Å²) in [5.74, 6) is -1.85. The molecule has 3 N–H and O–H groups in total. The van der Waals surface area contributed by atoms with Gasteiger partial charge in [0.1, 0.15) is 6.61 Å². The van der Waals surface area contributed by atoms with Gasteiger partial charge in [-0.2, -0.15) is 4.98 Å². The lowest BCUT2D eigenvalue weighted by Crippen LogP contribution is -2.47. The number of hydrogen-bond donors (Lipinski definition) is 3. The molecule has 0 atom stereocenters. The molecule has 10 heteroatoms. The van der Waals surface area contributed by atoms with Crippen LogP contribution in [0, 0.1) is 0 Å². The van der Waals surface area contributed by atoms with Gasteiger partial charge in [-0.15, -0.1) is 5.10 Å². The number of anilines is 1. The summed E-state index contributed by atoms with van der Waals surface area (Å²) in [7, 11) is 0. The summed E-state index contributed by atoms with van der Waals surface area (Å²) in [6.07, 6.45) is -0.953. The van der Waals surface area contributed by atoms with Crippen molar-refractivity contribution in [2.75, 3.05) is 18.5 Å². The molecule has 0 bridgehead atoms. The van der Waals surface area contributed by atoms with Gasteiger partial charge in [-0.05, 0) is 43.0 Å². The Morgan fingerprint density at radius 3 is 2.23 bits per heavy atom. The number of aromatic nitrogens is 3. The number of carbonyl (C=O) groups is 3. The Labute approximate surface area is 202 Å². The van der Waals surface area contributed by atoms with Crippen LogP contribution < -0.4 is 5.32 Å². The quantitative estimate of drug-likeness (QED) is 0.469. The van der Waals surface area contributed by atoms with E-state index in [9.17, 15) is 14.4 Å². The van der Waals surface area contributed by atoms with Crippen molar-refractivity contribution in [3.63, 3.8) is 0 Å². The number of carboxylic acid groups (broad SMARTS) is 1. The van der Waals surface area contributed by atoms with Gasteiger partial charge in [0, 0.05) is 18.0 Å². The third-order valence-corrected chi connectivity index (χ3v) is 5.85. The van der Waals surface area contributed by atoms with Crippen molar-refractivity contribution in [3.05, 3.63) is 65.5 Å². The van der Waals surface area contributed by atoms with Crippen LogP contribution >= 0.6 is 0 Å². The van der Waals surface area contributed by atoms with E-state index in [1.165, 1.54) is 4.90 Å². The molecule has 1 aliphatic carbocycles. The highest BCUT2D eigenvalue weighted by Gasteiger charge is 2.31. The molecule has 0 fully saturated rings. The average Bonchev–Trinajstić information content (AvgIpc) is 3.39. The molecule has 2 amide bonds. The lowest BCUT2D eigenvalue weighted by Gasteiger charge is -2.34. The maximum Gasteiger partial charge on any atom is 0.414 e. The number of rotatable bonds is 7. The summed E-state index contributed by atoms with van der Waals surface area (Å²) in [6, 6.07) is 16.0. The SMILES string of the molecule is CC(C)(C)N(CCC(=O)O)C(=O)c1nc(NC(=O)OCC2c3ccccc3-c3ccccc32)n[nH]1. The van der Waals surface area contributed by atoms with Crippen molar-refractivity contribution in [1.82, 2.24) is 20.1 Å². The van der Waals surface area contributed by atoms with Crippen LogP contribution in [-0.2, 0) is 9.53 Å². The predicted molar refractivity (Wildman–Crippen MR) is 128 cm³/mol. The van der Waals surface area contributed by atoms with Crippen molar-refractivity contribution < 1.29 is 24.2 Å². The molecule has 0 spiro atoms. The minimum absolute atomic E-state index is 0.00745. The van der Waals surface area contributed by atoms with Crippen LogP contribution in [0.5, 0.6) is 0 Å². The van der Waals surface area contributed by atoms with Crippen LogP contribution in [0.3, 0.4) is 0 Å². The van der Waals surface area contributed by atoms with Crippen molar-refractivity contribution in [2.45, 2.75) is 38.6 Å². The van der Waals surface area contributed by atoms with Crippen LogP contribution in [0.15, 0.2) is 48.5 Å². The van der Waals surface area contributed by atoms with E-state index in [1.54, 1.807) is 20.8 Å². The lowest BCUT2D eigenvalue weighted by atomic mass is 9.98. The van der Waals surface area contributed by atoms with Crippen molar-refractivity contribution in [2.24, 2.45) is 0 Å². The van der Waals surface area contributed by atoms with E-state index in [2.05, 4.69) is 32.6 Å². The Balaban J connectivity index is 1.40. The number of nitrogens with zero attached hydrogens (tertiary/aromatic N) is 3. The number of aliphatic carboxylic acids is 1. The monoisotopic (exact) mass is 477 g/mol. The van der Waals surface area contributed by atoms with Gasteiger partial charge in [-0.25, -0.2) is 4.79 Å². The van der Waals surface area contributed by atoms with E-state index < -0.39 is 23.5 Å². The van der Waals surface area contributed by atoms with Crippen LogP contribution in [0.2, 0.25) is 0 Å². The standard InChI is InChI=1S/C25H27N5O5/c1-25(2,3)30(13-12-20(31)32)22(33)21-26-23(29-28-21)27-24(34)35-14-19-17-10-6-4-8-15(17)16-9-5-7-11-18(16)19/h4-11,19H,12-14H2,1-3H3,(H,31,32)(H2,26,27,28,29,34). The minimum atomic E-state index is -1.01. The maximum absolute atomic E-state index is 12.9. The van der Waals surface area contributed by atoms with Gasteiger partial charge in [0.2, 0.25) is 5.82 Å². The molecule has 182 valence electrons. The fourth-order valence-corrected chi connectivity index (χ4v) is 4.22. The second-order valence-electron chi connectivity index (χ2n) is 9.23. The molecular weight excluding hydrogens is 450 g/mol. The lowest BCUT2D eigenvalue weighted by molar-refractivity contribution is -0.137. The molecule has 3 aromatic rings. The highest BCUT2D eigenvalue weighted by Crippen LogP contribution is 2.44. The van der Waals surface area contributed by atoms with Crippen LogP contribution in [0.4, 0.5) is 10.7 Å². The van der Waals surface area contributed by atoms with E-state index >= 15 is 0 Å². The van der Waals surface area contributed by atoms with Crippen molar-refractivity contribution >= 4 is 23.9 Å². The summed E-state index contributed by atoms with van der Waals surface area (Å²) in [4.78, 5) is 41.8. The molecule has 1 aromatic heterocycles. The first-order valence-corrected chi connectivity index (χ1v) is 11.2. The molecular formula is C25H27N5O5. The molecule has 1 heterocycles. The third kappa shape index (κ3) is 5.16. The number of carboxylic acids is 1. The van der Waals surface area contributed by atoms with Crippen molar-refractivity contribution in [1.29, 1.82) is 0 Å². The molecule has 10 nitrogen and oxygen atoms in total. The van der Waals surface area contributed by atoms with Gasteiger partial charge in [0.25, 0.3) is 11.9 Å². The number of hydrogen-bond acceptors (Lipinski definition) is 6. The van der Waals surface area contributed by atoms with Crippen molar-refractivity contribution in [3.8, 4) is 11.1 Å². The number of nitrogens with one attached hydrogen (secondary N) is 2. The zero-order chi connectivity index (χ0) is 25.2. The Morgan fingerprint density at radius 1 is 1.06 bits per heavy atom. The Hall–Kier alpha value is -4.21. The first-order chi connectivity index (χ1) is 16.6. The zero-order valence-corrected chi connectivity index (χ0v) is 19.7. The number of aromatic amines is 1. The van der Waals surface area contributed by atoms with Gasteiger partial charge < -0.3 is 14.7 Å². The molecule has 0 unspecified atom stereocenters. The van der Waals surface area contributed by atoms with Crippen LogP contribution in [-0.4, -0.2) is 61.8 Å². The Morgan fingerprint density at radius 2 is 1.66 bits per heavy atom. The summed E-state index contributed by atoms with van der Waals surface area (Å²) >= 11 is 0. The Bertz CT molecular complexity index is 1220. The summed E-state index contributed by atoms with van der Waals surface area (Å²) in [5, 5.41) is 17.8. The fraction of sp³-hybridized carbons (Fsp3) is 0.320. The summed E-state index contributed by atoms with van der Waals surface area (Å²) in [5.41, 5.74) is 3.80. The third-order valence-electron chi connectivity index (χ3n) is 5.85. The topological polar surface area (TPSA) is 138 Å². The smallest absolute Gasteiger partial charge is 0.414 e. The number of ether oxygens (including phenoxy) is 1. The van der Waals surface area contributed by atoms with E-state index in [0.717, 1.165) is 22.3 Å². The second-order valence-corrected chi connectivity index (χ2v) is 9.23. The van der Waals surface area contributed by atoms with Gasteiger partial charge >= 0.3 is 12.1 Å². The molecule has 2 aromatic carbocycles. The number of H-pyrrole nitrogens is 1. The largest absolute Gasteiger partial charge is 0.481 e. The summed E-state index contributed by atoms with van der Waals surface area (Å²) < 4.78 is 5.48. The first kappa shape index (κ1) is 23.9. The van der Waals surface area contributed by atoms with Crippen LogP contribution in [0.25, 0.3) is 11.1 Å². The number of benzene rings is 2. The van der Waals surface area contributed by atoms with Gasteiger partial charge in [-0.1, -0.05) is 48.5 Å². The molecule has 35 heavy (non-hydrogen) atoms. The highest BCUT2D eigenvalue weighted by molar-refractivity contribution is 5.92. The number of amides is 2.